The monoisotopic (exact) mass is 504 g/mol. The molecule has 6 heteroatoms. The number of aliphatic hydroxyl groups is 3. The van der Waals surface area contributed by atoms with Crippen molar-refractivity contribution in [2.45, 2.75) is 116 Å². The van der Waals surface area contributed by atoms with Crippen LogP contribution in [0.1, 0.15) is 92.4 Å². The predicted molar refractivity (Wildman–Crippen MR) is 141 cm³/mol. The quantitative estimate of drug-likeness (QED) is 0.283. The van der Waals surface area contributed by atoms with E-state index in [1.807, 2.05) is 6.92 Å². The smallest absolute Gasteiger partial charge is 0.434 e. The molecule has 0 bridgehead atoms. The van der Waals surface area contributed by atoms with Crippen LogP contribution in [0.2, 0.25) is 0 Å². The van der Waals surface area contributed by atoms with E-state index in [4.69, 9.17) is 9.47 Å². The highest BCUT2D eigenvalue weighted by Crippen LogP contribution is 2.59. The fraction of sp³-hybridized carbons (Fsp3) is 0.767. The van der Waals surface area contributed by atoms with Crippen molar-refractivity contribution in [1.82, 2.24) is 0 Å². The Kier molecular flexibility index (Phi) is 9.87. The molecule has 0 radical (unpaired) electrons. The van der Waals surface area contributed by atoms with Crippen LogP contribution < -0.4 is 0 Å². The summed E-state index contributed by atoms with van der Waals surface area (Å²) in [7, 11) is 0. The van der Waals surface area contributed by atoms with Gasteiger partial charge in [-0.15, -0.1) is 0 Å². The van der Waals surface area contributed by atoms with Gasteiger partial charge in [-0.05, 0) is 94.8 Å². The largest absolute Gasteiger partial charge is 0.508 e. The lowest BCUT2D eigenvalue weighted by molar-refractivity contribution is -0.0668. The molecular weight excluding hydrogens is 456 g/mol. The van der Waals surface area contributed by atoms with Crippen LogP contribution in [-0.2, 0) is 9.47 Å². The molecule has 0 aromatic carbocycles. The summed E-state index contributed by atoms with van der Waals surface area (Å²) in [5, 5.41) is 30.8. The summed E-state index contributed by atoms with van der Waals surface area (Å²) < 4.78 is 10.4. The summed E-state index contributed by atoms with van der Waals surface area (Å²) in [5.41, 5.74) is 1.78. The van der Waals surface area contributed by atoms with Crippen LogP contribution in [0.5, 0.6) is 0 Å². The Hall–Kier alpha value is -1.63. The van der Waals surface area contributed by atoms with Gasteiger partial charge in [0, 0.05) is 0 Å². The Morgan fingerprint density at radius 3 is 2.53 bits per heavy atom. The Bertz CT molecular complexity index is 830. The molecule has 0 amide bonds. The van der Waals surface area contributed by atoms with Crippen LogP contribution in [0.25, 0.3) is 0 Å². The van der Waals surface area contributed by atoms with E-state index in [1.54, 1.807) is 19.9 Å². The number of carbonyl (C=O) groups excluding carboxylic acids is 1. The first-order valence-electron chi connectivity index (χ1n) is 13.9. The normalized spacial score (nSPS) is 33.9. The van der Waals surface area contributed by atoms with Gasteiger partial charge in [0.1, 0.15) is 11.7 Å². The maximum absolute atomic E-state index is 11.9. The van der Waals surface area contributed by atoms with Crippen molar-refractivity contribution in [3.8, 4) is 0 Å². The van der Waals surface area contributed by atoms with Crippen molar-refractivity contribution in [3.05, 3.63) is 35.5 Å². The van der Waals surface area contributed by atoms with Gasteiger partial charge in [-0.2, -0.15) is 0 Å². The molecule has 3 saturated carbocycles. The number of hydrogen-bond acceptors (Lipinski definition) is 6. The SMILES string of the molecule is CCCOC(=O)OC(C)(C)[C@@H](O)/C=C/[C@@H](C)[C@H]1CC[C@H]2/C(=C/C=C3C[C@@H](O)C[C@H](O)C3)CCC[C@]12C. The molecule has 3 aliphatic rings. The third-order valence-electron chi connectivity index (χ3n) is 8.83. The van der Waals surface area contributed by atoms with Gasteiger partial charge in [-0.3, -0.25) is 0 Å². The van der Waals surface area contributed by atoms with Gasteiger partial charge in [0.05, 0.1) is 18.8 Å². The number of carbonyl (C=O) groups is 1. The van der Waals surface area contributed by atoms with Gasteiger partial charge >= 0.3 is 6.16 Å². The summed E-state index contributed by atoms with van der Waals surface area (Å²) in [4.78, 5) is 11.9. The van der Waals surface area contributed by atoms with Crippen LogP contribution in [0.15, 0.2) is 35.5 Å². The van der Waals surface area contributed by atoms with E-state index in [2.05, 4.69) is 32.1 Å². The lowest BCUT2D eigenvalue weighted by atomic mass is 9.61. The third-order valence-corrected chi connectivity index (χ3v) is 8.83. The molecule has 6 nitrogen and oxygen atoms in total. The minimum atomic E-state index is -1.07. The zero-order chi connectivity index (χ0) is 26.5. The Balaban J connectivity index is 1.65. The van der Waals surface area contributed by atoms with Crippen molar-refractivity contribution in [3.63, 3.8) is 0 Å². The van der Waals surface area contributed by atoms with Gasteiger partial charge in [0.15, 0.2) is 0 Å². The van der Waals surface area contributed by atoms with Gasteiger partial charge in [-0.25, -0.2) is 4.79 Å². The molecule has 3 N–H and O–H groups in total. The van der Waals surface area contributed by atoms with Crippen molar-refractivity contribution in [2.75, 3.05) is 6.61 Å². The second-order valence-electron chi connectivity index (χ2n) is 12.1. The molecule has 0 aliphatic heterocycles. The molecule has 0 saturated heterocycles. The second kappa shape index (κ2) is 12.3. The highest BCUT2D eigenvalue weighted by atomic mass is 16.7. The molecule has 0 spiro atoms. The summed E-state index contributed by atoms with van der Waals surface area (Å²) >= 11 is 0. The fourth-order valence-corrected chi connectivity index (χ4v) is 6.81. The van der Waals surface area contributed by atoms with E-state index in [0.717, 1.165) is 24.8 Å². The lowest BCUT2D eigenvalue weighted by Gasteiger charge is -2.44. The minimum absolute atomic E-state index is 0.207. The minimum Gasteiger partial charge on any atom is -0.434 e. The molecular formula is C30H48O6. The Morgan fingerprint density at radius 2 is 1.86 bits per heavy atom. The Labute approximate surface area is 217 Å². The number of hydrogen-bond donors (Lipinski definition) is 3. The topological polar surface area (TPSA) is 96.2 Å². The zero-order valence-electron chi connectivity index (χ0n) is 22.9. The van der Waals surface area contributed by atoms with E-state index in [0.29, 0.717) is 43.6 Å². The first kappa shape index (κ1) is 28.9. The predicted octanol–water partition coefficient (Wildman–Crippen LogP) is 5.86. The molecule has 7 atom stereocenters. The van der Waals surface area contributed by atoms with Crippen molar-refractivity contribution >= 4 is 6.16 Å². The van der Waals surface area contributed by atoms with Crippen LogP contribution >= 0.6 is 0 Å². The van der Waals surface area contributed by atoms with Crippen LogP contribution in [0.3, 0.4) is 0 Å². The number of allylic oxidation sites excluding steroid dienone is 4. The van der Waals surface area contributed by atoms with Gasteiger partial charge in [0.25, 0.3) is 0 Å². The van der Waals surface area contributed by atoms with E-state index in [1.165, 1.54) is 24.8 Å². The maximum Gasteiger partial charge on any atom is 0.508 e. The molecule has 3 fully saturated rings. The fourth-order valence-electron chi connectivity index (χ4n) is 6.81. The second-order valence-corrected chi connectivity index (χ2v) is 12.1. The summed E-state index contributed by atoms with van der Waals surface area (Å²) in [6, 6.07) is 0. The van der Waals surface area contributed by atoms with E-state index in [9.17, 15) is 20.1 Å². The molecule has 3 rings (SSSR count). The number of rotatable bonds is 8. The number of ether oxygens (including phenoxy) is 2. The molecule has 0 aromatic rings. The summed E-state index contributed by atoms with van der Waals surface area (Å²) in [6.45, 7) is 10.3. The van der Waals surface area contributed by atoms with Crippen molar-refractivity contribution in [1.29, 1.82) is 0 Å². The lowest BCUT2D eigenvalue weighted by Crippen LogP contribution is -2.40. The van der Waals surface area contributed by atoms with Gasteiger partial charge in [-0.1, -0.05) is 56.2 Å². The zero-order valence-corrected chi connectivity index (χ0v) is 22.9. The van der Waals surface area contributed by atoms with Gasteiger partial charge < -0.3 is 24.8 Å². The molecule has 3 aliphatic carbocycles. The average molecular weight is 505 g/mol. The molecule has 0 aromatic heterocycles. The first-order chi connectivity index (χ1) is 17.0. The standard InChI is InChI=1S/C30H48O6/c1-6-16-35-28(34)36-29(3,4)27(33)14-9-20(2)25-12-13-26-22(8-7-15-30(25,26)5)11-10-21-17-23(31)19-24(32)18-21/h9-11,14,20,23-27,31-33H,6-8,12-13,15-19H2,1-5H3/b14-9+,22-11+/t20-,23-,24-,25-,26+,27+,30-/m1/s1. The molecule has 204 valence electrons. The highest BCUT2D eigenvalue weighted by molar-refractivity contribution is 5.60. The number of aliphatic hydroxyl groups excluding tert-OH is 3. The molecule has 0 heterocycles. The van der Waals surface area contributed by atoms with Crippen molar-refractivity contribution in [2.24, 2.45) is 23.2 Å². The molecule has 36 heavy (non-hydrogen) atoms. The van der Waals surface area contributed by atoms with E-state index in [-0.39, 0.29) is 5.41 Å². The summed E-state index contributed by atoms with van der Waals surface area (Å²) in [5.74, 6) is 1.35. The van der Waals surface area contributed by atoms with E-state index >= 15 is 0 Å². The third kappa shape index (κ3) is 7.02. The highest BCUT2D eigenvalue weighted by Gasteiger charge is 2.50. The van der Waals surface area contributed by atoms with Crippen LogP contribution in [-0.4, -0.2) is 52.0 Å². The Morgan fingerprint density at radius 1 is 1.17 bits per heavy atom. The van der Waals surface area contributed by atoms with Crippen LogP contribution in [0.4, 0.5) is 4.79 Å². The van der Waals surface area contributed by atoms with Crippen LogP contribution in [0, 0.1) is 23.2 Å². The first-order valence-corrected chi connectivity index (χ1v) is 13.9. The summed E-state index contributed by atoms with van der Waals surface area (Å²) in [6.07, 6.45) is 14.1. The number of fused-ring (bicyclic) bond motifs is 1. The maximum atomic E-state index is 11.9. The average Bonchev–Trinajstić information content (AvgIpc) is 3.16. The van der Waals surface area contributed by atoms with Gasteiger partial charge in [0.2, 0.25) is 0 Å². The van der Waals surface area contributed by atoms with Crippen molar-refractivity contribution < 1.29 is 29.6 Å². The van der Waals surface area contributed by atoms with E-state index < -0.39 is 30.1 Å². The molecule has 0 unspecified atom stereocenters.